The zero-order valence-corrected chi connectivity index (χ0v) is 10.6. The van der Waals surface area contributed by atoms with Crippen molar-refractivity contribution >= 4 is 21.6 Å². The van der Waals surface area contributed by atoms with Crippen LogP contribution in [0.3, 0.4) is 0 Å². The molecule has 0 radical (unpaired) electrons. The first-order valence-corrected chi connectivity index (χ1v) is 7.17. The number of carbonyl (C=O) groups is 1. The highest BCUT2D eigenvalue weighted by molar-refractivity contribution is 7.92. The molecule has 0 atom stereocenters. The van der Waals surface area contributed by atoms with E-state index in [4.69, 9.17) is 5.21 Å². The van der Waals surface area contributed by atoms with Crippen molar-refractivity contribution in [3.8, 4) is 0 Å². The number of amides is 1. The summed E-state index contributed by atoms with van der Waals surface area (Å²) in [5, 5.41) is 8.26. The second kappa shape index (κ2) is 6.97. The van der Waals surface area contributed by atoms with Gasteiger partial charge in [0.25, 0.3) is 0 Å². The van der Waals surface area contributed by atoms with Crippen LogP contribution in [-0.4, -0.2) is 25.3 Å². The topological polar surface area (TPSA) is 95.5 Å². The molecule has 7 heteroatoms. The van der Waals surface area contributed by atoms with Crippen molar-refractivity contribution in [2.75, 3.05) is 10.5 Å². The van der Waals surface area contributed by atoms with Gasteiger partial charge in [0.2, 0.25) is 15.9 Å². The fourth-order valence-electron chi connectivity index (χ4n) is 1.37. The number of unbranched alkanes of at least 4 members (excludes halogenated alkanes) is 1. The van der Waals surface area contributed by atoms with Gasteiger partial charge in [0.1, 0.15) is 0 Å². The Balaban J connectivity index is 2.35. The van der Waals surface area contributed by atoms with Crippen molar-refractivity contribution in [1.29, 1.82) is 0 Å². The Morgan fingerprint density at radius 2 is 1.83 bits per heavy atom. The van der Waals surface area contributed by atoms with Crippen LogP contribution in [0.4, 0.5) is 5.69 Å². The minimum atomic E-state index is -3.38. The van der Waals surface area contributed by atoms with Gasteiger partial charge < -0.3 is 0 Å². The summed E-state index contributed by atoms with van der Waals surface area (Å²) in [6.45, 7) is 0. The van der Waals surface area contributed by atoms with Crippen molar-refractivity contribution < 1.29 is 18.4 Å². The van der Waals surface area contributed by atoms with Crippen LogP contribution in [0, 0.1) is 0 Å². The standard InChI is InChI=1S/C11H16N2O4S/c14-11(12-15)8-4-5-9-18(16,17)13-10-6-2-1-3-7-10/h1-3,6-7,13,15H,4-5,8-9H2,(H,12,14). The second-order valence-corrected chi connectivity index (χ2v) is 5.62. The number of carbonyl (C=O) groups excluding carboxylic acids is 1. The largest absolute Gasteiger partial charge is 0.289 e. The predicted molar refractivity (Wildman–Crippen MR) is 67.6 cm³/mol. The summed E-state index contributed by atoms with van der Waals surface area (Å²) < 4.78 is 25.7. The van der Waals surface area contributed by atoms with Gasteiger partial charge in [0, 0.05) is 12.1 Å². The third-order valence-electron chi connectivity index (χ3n) is 2.24. The molecule has 0 aliphatic heterocycles. The molecule has 6 nitrogen and oxygen atoms in total. The molecule has 1 rings (SSSR count). The van der Waals surface area contributed by atoms with E-state index >= 15 is 0 Å². The van der Waals surface area contributed by atoms with Crippen LogP contribution in [0.1, 0.15) is 19.3 Å². The summed E-state index contributed by atoms with van der Waals surface area (Å²) >= 11 is 0. The highest BCUT2D eigenvalue weighted by atomic mass is 32.2. The molecule has 0 aliphatic carbocycles. The molecule has 3 N–H and O–H groups in total. The van der Waals surface area contributed by atoms with Gasteiger partial charge >= 0.3 is 0 Å². The van der Waals surface area contributed by atoms with E-state index in [1.54, 1.807) is 30.3 Å². The van der Waals surface area contributed by atoms with Crippen molar-refractivity contribution in [3.05, 3.63) is 30.3 Å². The molecule has 18 heavy (non-hydrogen) atoms. The van der Waals surface area contributed by atoms with Crippen LogP contribution in [-0.2, 0) is 14.8 Å². The zero-order chi connectivity index (χ0) is 13.4. The monoisotopic (exact) mass is 272 g/mol. The lowest BCUT2D eigenvalue weighted by Gasteiger charge is -2.07. The number of sulfonamides is 1. The van der Waals surface area contributed by atoms with Gasteiger partial charge in [-0.25, -0.2) is 13.9 Å². The molecule has 0 bridgehead atoms. The first kappa shape index (κ1) is 14.5. The number of hydroxylamine groups is 1. The van der Waals surface area contributed by atoms with Crippen molar-refractivity contribution in [2.24, 2.45) is 0 Å². The Labute approximate surface area is 106 Å². The van der Waals surface area contributed by atoms with Crippen LogP contribution in [0.5, 0.6) is 0 Å². The predicted octanol–water partition coefficient (Wildman–Crippen LogP) is 1.10. The fourth-order valence-corrected chi connectivity index (χ4v) is 2.55. The lowest BCUT2D eigenvalue weighted by atomic mass is 10.2. The highest BCUT2D eigenvalue weighted by Gasteiger charge is 2.10. The number of nitrogens with one attached hydrogen (secondary N) is 2. The van der Waals surface area contributed by atoms with Gasteiger partial charge in [0.15, 0.2) is 0 Å². The minimum absolute atomic E-state index is 0.0550. The number of para-hydroxylation sites is 1. The zero-order valence-electron chi connectivity index (χ0n) is 9.80. The van der Waals surface area contributed by atoms with E-state index in [0.717, 1.165) is 0 Å². The Kier molecular flexibility index (Phi) is 5.60. The van der Waals surface area contributed by atoms with Crippen LogP contribution in [0.15, 0.2) is 30.3 Å². The molecule has 0 aliphatic rings. The number of rotatable bonds is 7. The Hall–Kier alpha value is -1.60. The summed E-state index contributed by atoms with van der Waals surface area (Å²) in [5.74, 6) is -0.566. The number of hydrogen-bond acceptors (Lipinski definition) is 4. The molecular formula is C11H16N2O4S. The van der Waals surface area contributed by atoms with Gasteiger partial charge in [-0.05, 0) is 25.0 Å². The van der Waals surface area contributed by atoms with Crippen LogP contribution >= 0.6 is 0 Å². The summed E-state index contributed by atoms with van der Waals surface area (Å²) in [6, 6.07) is 8.60. The second-order valence-electron chi connectivity index (χ2n) is 3.78. The number of benzene rings is 1. The van der Waals surface area contributed by atoms with Gasteiger partial charge in [-0.3, -0.25) is 14.7 Å². The molecule has 1 aromatic rings. The van der Waals surface area contributed by atoms with Crippen LogP contribution in [0.25, 0.3) is 0 Å². The third-order valence-corrected chi connectivity index (χ3v) is 3.61. The maximum absolute atomic E-state index is 11.7. The molecule has 0 saturated heterocycles. The Morgan fingerprint density at radius 1 is 1.17 bits per heavy atom. The van der Waals surface area contributed by atoms with E-state index in [0.29, 0.717) is 18.5 Å². The lowest BCUT2D eigenvalue weighted by molar-refractivity contribution is -0.129. The average molecular weight is 272 g/mol. The number of hydrogen-bond donors (Lipinski definition) is 3. The number of anilines is 1. The summed E-state index contributed by atoms with van der Waals surface area (Å²) in [7, 11) is -3.38. The average Bonchev–Trinajstić information content (AvgIpc) is 2.35. The van der Waals surface area contributed by atoms with E-state index < -0.39 is 15.9 Å². The fraction of sp³-hybridized carbons (Fsp3) is 0.364. The molecular weight excluding hydrogens is 256 g/mol. The lowest BCUT2D eigenvalue weighted by Crippen LogP contribution is -2.19. The summed E-state index contributed by atoms with van der Waals surface area (Å²) in [5.41, 5.74) is 2.02. The Morgan fingerprint density at radius 3 is 2.44 bits per heavy atom. The van der Waals surface area contributed by atoms with E-state index in [2.05, 4.69) is 4.72 Å². The van der Waals surface area contributed by atoms with E-state index in [9.17, 15) is 13.2 Å². The van der Waals surface area contributed by atoms with Crippen LogP contribution in [0.2, 0.25) is 0 Å². The third kappa shape index (κ3) is 5.65. The SMILES string of the molecule is O=C(CCCCS(=O)(=O)Nc1ccccc1)NO. The smallest absolute Gasteiger partial charge is 0.243 e. The molecule has 1 aromatic carbocycles. The van der Waals surface area contributed by atoms with Crippen molar-refractivity contribution in [2.45, 2.75) is 19.3 Å². The Bertz CT molecular complexity index is 473. The molecule has 0 spiro atoms. The van der Waals surface area contributed by atoms with E-state index in [-0.39, 0.29) is 12.2 Å². The maximum atomic E-state index is 11.7. The van der Waals surface area contributed by atoms with Crippen molar-refractivity contribution in [3.63, 3.8) is 0 Å². The highest BCUT2D eigenvalue weighted by Crippen LogP contribution is 2.09. The summed E-state index contributed by atoms with van der Waals surface area (Å²) in [4.78, 5) is 10.7. The molecule has 1 amide bonds. The molecule has 0 unspecified atom stereocenters. The quantitative estimate of drug-likeness (QED) is 0.393. The summed E-state index contributed by atoms with van der Waals surface area (Å²) in [6.07, 6.45) is 0.870. The van der Waals surface area contributed by atoms with E-state index in [1.807, 2.05) is 0 Å². The molecule has 0 heterocycles. The van der Waals surface area contributed by atoms with Gasteiger partial charge in [-0.2, -0.15) is 0 Å². The molecule has 100 valence electrons. The van der Waals surface area contributed by atoms with Crippen LogP contribution < -0.4 is 10.2 Å². The molecule has 0 aromatic heterocycles. The molecule has 0 fully saturated rings. The first-order valence-electron chi connectivity index (χ1n) is 5.52. The minimum Gasteiger partial charge on any atom is -0.289 e. The van der Waals surface area contributed by atoms with Gasteiger partial charge in [-0.1, -0.05) is 18.2 Å². The maximum Gasteiger partial charge on any atom is 0.243 e. The first-order chi connectivity index (χ1) is 8.53. The van der Waals surface area contributed by atoms with Crippen molar-refractivity contribution in [1.82, 2.24) is 5.48 Å². The van der Waals surface area contributed by atoms with Gasteiger partial charge in [0.05, 0.1) is 5.75 Å². The molecule has 0 saturated carbocycles. The van der Waals surface area contributed by atoms with Gasteiger partial charge in [-0.15, -0.1) is 0 Å². The normalized spacial score (nSPS) is 10.9. The van der Waals surface area contributed by atoms with E-state index in [1.165, 1.54) is 5.48 Å².